The van der Waals surface area contributed by atoms with Gasteiger partial charge < -0.3 is 9.84 Å². The Bertz CT molecular complexity index is 1330. The molecule has 4 heterocycles. The lowest BCUT2D eigenvalue weighted by Crippen LogP contribution is -2.58. The van der Waals surface area contributed by atoms with Crippen LogP contribution in [0.4, 0.5) is 8.78 Å². The van der Waals surface area contributed by atoms with Crippen LogP contribution < -0.4 is 9.42 Å². The minimum atomic E-state index is -1.67. The van der Waals surface area contributed by atoms with Gasteiger partial charge in [-0.1, -0.05) is 6.07 Å². The van der Waals surface area contributed by atoms with Crippen molar-refractivity contribution in [3.05, 3.63) is 71.1 Å². The van der Waals surface area contributed by atoms with E-state index in [9.17, 15) is 13.9 Å². The molecule has 0 bridgehead atoms. The van der Waals surface area contributed by atoms with Crippen LogP contribution in [0.5, 0.6) is 5.88 Å². The number of fused-ring (bicyclic) bond motifs is 1. The second kappa shape index (κ2) is 9.36. The Hall–Kier alpha value is -3.35. The molecule has 0 fully saturated rings. The standard InChI is InChI=1S/C23H23F2N7O2S/c1-14(23(33,10-32-13-27-12-29-32)17-4-3-15(24)7-18(17)25)31-6-5-19-20(9-31)35-22(30-19)16-8-26-11-28-21(16)34-2/h3-4,7-8,11-14,33H,5-6,9-10H2,1-2H3/p+1/t14-,23-/m1/s1. The van der Waals surface area contributed by atoms with Gasteiger partial charge in [-0.3, -0.25) is 4.90 Å². The number of aromatic amines is 1. The summed E-state index contributed by atoms with van der Waals surface area (Å²) in [7, 11) is 1.55. The molecule has 0 unspecified atom stereocenters. The Kier molecular flexibility index (Phi) is 6.26. The number of hydrogen-bond donors (Lipinski definition) is 2. The Morgan fingerprint density at radius 3 is 2.94 bits per heavy atom. The molecule has 2 atom stereocenters. The predicted octanol–water partition coefficient (Wildman–Crippen LogP) is 2.23. The van der Waals surface area contributed by atoms with Crippen LogP contribution in [-0.2, 0) is 25.1 Å². The molecule has 1 aliphatic rings. The lowest BCUT2D eigenvalue weighted by atomic mass is 9.85. The van der Waals surface area contributed by atoms with Crippen LogP contribution in [0, 0.1) is 11.6 Å². The zero-order valence-electron chi connectivity index (χ0n) is 19.2. The van der Waals surface area contributed by atoms with Gasteiger partial charge in [-0.15, -0.1) is 11.3 Å². The Morgan fingerprint density at radius 1 is 1.34 bits per heavy atom. The third kappa shape index (κ3) is 4.40. The number of H-pyrrole nitrogens is 1. The largest absolute Gasteiger partial charge is 0.480 e. The predicted molar refractivity (Wildman–Crippen MR) is 122 cm³/mol. The van der Waals surface area contributed by atoms with Crippen molar-refractivity contribution >= 4 is 11.3 Å². The molecule has 0 saturated heterocycles. The highest BCUT2D eigenvalue weighted by Crippen LogP contribution is 2.38. The molecule has 2 N–H and O–H groups in total. The van der Waals surface area contributed by atoms with E-state index in [0.29, 0.717) is 25.4 Å². The summed E-state index contributed by atoms with van der Waals surface area (Å²) in [5.74, 6) is -1.04. The van der Waals surface area contributed by atoms with Crippen molar-refractivity contribution in [2.24, 2.45) is 0 Å². The van der Waals surface area contributed by atoms with Crippen molar-refractivity contribution in [3.63, 3.8) is 0 Å². The summed E-state index contributed by atoms with van der Waals surface area (Å²) in [6, 6.07) is 2.74. The van der Waals surface area contributed by atoms with E-state index in [1.54, 1.807) is 18.0 Å². The molecule has 0 aliphatic carbocycles. The number of halogens is 2. The van der Waals surface area contributed by atoms with Crippen molar-refractivity contribution < 1.29 is 23.3 Å². The van der Waals surface area contributed by atoms with Gasteiger partial charge >= 0.3 is 6.33 Å². The van der Waals surface area contributed by atoms with Gasteiger partial charge in [0.05, 0.1) is 18.4 Å². The minimum Gasteiger partial charge on any atom is -0.480 e. The fourth-order valence-corrected chi connectivity index (χ4v) is 5.61. The average molecular weight is 501 g/mol. The topological polar surface area (TPSA) is 104 Å². The maximum absolute atomic E-state index is 14.9. The first-order valence-electron chi connectivity index (χ1n) is 11.0. The molecule has 4 aromatic rings. The summed E-state index contributed by atoms with van der Waals surface area (Å²) in [5.41, 5.74) is 0.0417. The first kappa shape index (κ1) is 23.4. The van der Waals surface area contributed by atoms with Gasteiger partial charge in [-0.05, 0) is 18.0 Å². The van der Waals surface area contributed by atoms with E-state index in [1.165, 1.54) is 36.4 Å². The second-order valence-electron chi connectivity index (χ2n) is 8.43. The molecular weight excluding hydrogens is 476 g/mol. The van der Waals surface area contributed by atoms with Gasteiger partial charge in [0.2, 0.25) is 12.2 Å². The molecule has 12 heteroatoms. The van der Waals surface area contributed by atoms with Crippen molar-refractivity contribution in [3.8, 4) is 16.5 Å². The molecule has 182 valence electrons. The highest BCUT2D eigenvalue weighted by Gasteiger charge is 2.44. The summed E-state index contributed by atoms with van der Waals surface area (Å²) in [6.45, 7) is 2.98. The highest BCUT2D eigenvalue weighted by atomic mass is 32.1. The number of rotatable bonds is 7. The van der Waals surface area contributed by atoms with Crippen LogP contribution in [0.1, 0.15) is 23.1 Å². The normalized spacial score (nSPS) is 16.5. The van der Waals surface area contributed by atoms with E-state index < -0.39 is 23.3 Å². The third-order valence-electron chi connectivity index (χ3n) is 6.41. The van der Waals surface area contributed by atoms with Gasteiger partial charge in [0.15, 0.2) is 0 Å². The highest BCUT2D eigenvalue weighted by molar-refractivity contribution is 7.15. The zero-order chi connectivity index (χ0) is 24.6. The fraction of sp³-hybridized carbons (Fsp3) is 0.348. The number of aromatic nitrogens is 6. The summed E-state index contributed by atoms with van der Waals surface area (Å²) in [5, 5.41) is 15.6. The monoisotopic (exact) mass is 500 g/mol. The lowest BCUT2D eigenvalue weighted by molar-refractivity contribution is -0.765. The van der Waals surface area contributed by atoms with E-state index >= 15 is 0 Å². The Morgan fingerprint density at radius 2 is 2.20 bits per heavy atom. The number of benzene rings is 1. The number of hydrogen-bond acceptors (Lipinski definition) is 8. The molecule has 0 amide bonds. The first-order valence-corrected chi connectivity index (χ1v) is 11.8. The van der Waals surface area contributed by atoms with Crippen LogP contribution in [0.3, 0.4) is 0 Å². The summed E-state index contributed by atoms with van der Waals surface area (Å²) in [4.78, 5) is 20.1. The Balaban J connectivity index is 1.46. The third-order valence-corrected chi connectivity index (χ3v) is 7.53. The summed E-state index contributed by atoms with van der Waals surface area (Å²) >= 11 is 1.52. The molecule has 1 aromatic carbocycles. The lowest BCUT2D eigenvalue weighted by Gasteiger charge is -2.41. The summed E-state index contributed by atoms with van der Waals surface area (Å²) < 4.78 is 35.5. The molecule has 1 aliphatic heterocycles. The summed E-state index contributed by atoms with van der Waals surface area (Å²) in [6.07, 6.45) is 6.74. The SMILES string of the molecule is COc1ncncc1-c1nc2c(s1)CN([C@H](C)[C@](O)(C[n+]1cnc[nH]1)c1ccc(F)cc1F)CC2. The molecule has 3 aromatic heterocycles. The van der Waals surface area contributed by atoms with Crippen molar-refractivity contribution in [2.75, 3.05) is 13.7 Å². The molecule has 0 spiro atoms. The number of nitrogens with zero attached hydrogens (tertiary/aromatic N) is 6. The number of nitrogens with one attached hydrogen (secondary N) is 1. The van der Waals surface area contributed by atoms with Crippen LogP contribution >= 0.6 is 11.3 Å². The smallest absolute Gasteiger partial charge is 0.306 e. The second-order valence-corrected chi connectivity index (χ2v) is 9.51. The maximum Gasteiger partial charge on any atom is 0.306 e. The fourth-order valence-electron chi connectivity index (χ4n) is 4.47. The van der Waals surface area contributed by atoms with Crippen molar-refractivity contribution in [2.45, 2.75) is 38.1 Å². The van der Waals surface area contributed by atoms with E-state index in [1.807, 2.05) is 6.92 Å². The van der Waals surface area contributed by atoms with Crippen LogP contribution in [0.25, 0.3) is 10.6 Å². The van der Waals surface area contributed by atoms with Gasteiger partial charge in [-0.2, -0.15) is 9.78 Å². The van der Waals surface area contributed by atoms with E-state index in [4.69, 9.17) is 9.72 Å². The van der Waals surface area contributed by atoms with Gasteiger partial charge in [-0.25, -0.2) is 23.7 Å². The molecular formula is C23H24F2N7O2S+. The number of thiazole rings is 1. The zero-order valence-corrected chi connectivity index (χ0v) is 20.0. The van der Waals surface area contributed by atoms with Crippen LogP contribution in [-0.4, -0.2) is 54.7 Å². The minimum absolute atomic E-state index is 0.00652. The number of aliphatic hydroxyl groups is 1. The molecule has 0 saturated carbocycles. The van der Waals surface area contributed by atoms with Crippen LogP contribution in [0.2, 0.25) is 0 Å². The van der Waals surface area contributed by atoms with Crippen molar-refractivity contribution in [1.29, 1.82) is 0 Å². The Labute approximate surface area is 204 Å². The van der Waals surface area contributed by atoms with Crippen LogP contribution in [0.15, 0.2) is 43.4 Å². The van der Waals surface area contributed by atoms with Crippen molar-refractivity contribution in [1.82, 2.24) is 29.9 Å². The van der Waals surface area contributed by atoms with Gasteiger partial charge in [0.1, 0.15) is 35.1 Å². The quantitative estimate of drug-likeness (QED) is 0.375. The molecule has 35 heavy (non-hydrogen) atoms. The molecule has 5 rings (SSSR count). The first-order chi connectivity index (χ1) is 16.9. The van der Waals surface area contributed by atoms with E-state index in [-0.39, 0.29) is 12.1 Å². The van der Waals surface area contributed by atoms with E-state index in [2.05, 4.69) is 25.0 Å². The van der Waals surface area contributed by atoms with Gasteiger partial charge in [0.25, 0.3) is 0 Å². The number of ether oxygens (including phenoxy) is 1. The maximum atomic E-state index is 14.9. The number of methoxy groups -OCH3 is 1. The van der Waals surface area contributed by atoms with E-state index in [0.717, 1.165) is 33.3 Å². The average Bonchev–Trinajstić information content (AvgIpc) is 3.52. The molecule has 9 nitrogen and oxygen atoms in total. The van der Waals surface area contributed by atoms with Gasteiger partial charge in [0, 0.05) is 48.3 Å². The molecule has 0 radical (unpaired) electrons.